The smallest absolute Gasteiger partial charge is 0.410 e. The number of likely N-dealkylation sites (tertiary alicyclic amines) is 1. The fourth-order valence-corrected chi connectivity index (χ4v) is 8.50. The fourth-order valence-electron chi connectivity index (χ4n) is 5.73. The second-order valence-electron chi connectivity index (χ2n) is 10.7. The van der Waals surface area contributed by atoms with Gasteiger partial charge in [0.25, 0.3) is 11.8 Å². The minimum atomic E-state index is -3.62. The molecule has 4 heterocycles. The number of benzene rings is 1. The Bertz CT molecular complexity index is 1370. The summed E-state index contributed by atoms with van der Waals surface area (Å²) in [7, 11) is -3.62. The van der Waals surface area contributed by atoms with Gasteiger partial charge in [-0.3, -0.25) is 9.59 Å². The lowest BCUT2D eigenvalue weighted by atomic mass is 10.0. The number of sulfonamides is 1. The number of thiophene rings is 1. The number of rotatable bonds is 6. The molecule has 10 nitrogen and oxygen atoms in total. The van der Waals surface area contributed by atoms with E-state index in [0.29, 0.717) is 61.8 Å². The molecule has 1 aromatic heterocycles. The molecule has 2 saturated heterocycles. The van der Waals surface area contributed by atoms with E-state index in [9.17, 15) is 22.8 Å². The van der Waals surface area contributed by atoms with Gasteiger partial charge in [-0.1, -0.05) is 12.8 Å². The first-order valence-corrected chi connectivity index (χ1v) is 16.8. The molecule has 3 amide bonds. The Morgan fingerprint density at radius 2 is 1.51 bits per heavy atom. The number of ether oxygens (including phenoxy) is 1. The number of nitrogens with one attached hydrogen (secondary N) is 1. The van der Waals surface area contributed by atoms with Crippen LogP contribution in [0.1, 0.15) is 83.0 Å². The van der Waals surface area contributed by atoms with Crippen LogP contribution in [0.5, 0.6) is 0 Å². The first-order chi connectivity index (χ1) is 19.8. The van der Waals surface area contributed by atoms with E-state index >= 15 is 0 Å². The maximum atomic E-state index is 13.7. The summed E-state index contributed by atoms with van der Waals surface area (Å²) in [6, 6.07) is 5.99. The predicted molar refractivity (Wildman–Crippen MR) is 157 cm³/mol. The molecule has 1 N–H and O–H groups in total. The van der Waals surface area contributed by atoms with Crippen molar-refractivity contribution in [1.29, 1.82) is 0 Å². The first kappa shape index (κ1) is 29.5. The summed E-state index contributed by atoms with van der Waals surface area (Å²) in [5, 5.41) is 3.40. The van der Waals surface area contributed by atoms with Crippen LogP contribution in [0.15, 0.2) is 29.2 Å². The summed E-state index contributed by atoms with van der Waals surface area (Å²) >= 11 is 1.31. The van der Waals surface area contributed by atoms with Gasteiger partial charge in [-0.2, -0.15) is 4.31 Å². The van der Waals surface area contributed by atoms with Crippen molar-refractivity contribution < 1.29 is 27.5 Å². The van der Waals surface area contributed by atoms with Gasteiger partial charge in [0, 0.05) is 43.2 Å². The first-order valence-electron chi connectivity index (χ1n) is 14.6. The summed E-state index contributed by atoms with van der Waals surface area (Å²) < 4.78 is 33.0. The van der Waals surface area contributed by atoms with Crippen molar-refractivity contribution in [1.82, 2.24) is 14.1 Å². The highest BCUT2D eigenvalue weighted by molar-refractivity contribution is 7.89. The highest BCUT2D eigenvalue weighted by Gasteiger charge is 2.33. The zero-order valence-corrected chi connectivity index (χ0v) is 25.2. The van der Waals surface area contributed by atoms with Crippen LogP contribution in [0.4, 0.5) is 9.80 Å². The Morgan fingerprint density at radius 3 is 2.17 bits per heavy atom. The number of anilines is 1. The molecule has 2 aromatic rings. The number of nitrogens with zero attached hydrogens (tertiary/aromatic N) is 3. The van der Waals surface area contributed by atoms with Crippen molar-refractivity contribution in [3.63, 3.8) is 0 Å². The Balaban J connectivity index is 1.38. The molecule has 0 bridgehead atoms. The molecule has 0 spiro atoms. The van der Waals surface area contributed by atoms with E-state index in [2.05, 4.69) is 5.32 Å². The van der Waals surface area contributed by atoms with E-state index in [1.165, 1.54) is 39.9 Å². The van der Waals surface area contributed by atoms with Crippen molar-refractivity contribution in [2.45, 2.75) is 69.7 Å². The van der Waals surface area contributed by atoms with Gasteiger partial charge in [0.05, 0.1) is 23.6 Å². The maximum absolute atomic E-state index is 13.7. The van der Waals surface area contributed by atoms with Crippen LogP contribution < -0.4 is 5.32 Å². The summed E-state index contributed by atoms with van der Waals surface area (Å²) in [5.74, 6) is -0.516. The van der Waals surface area contributed by atoms with E-state index in [-0.39, 0.29) is 17.4 Å². The average Bonchev–Trinajstić information content (AvgIpc) is 3.13. The monoisotopic (exact) mass is 602 g/mol. The maximum Gasteiger partial charge on any atom is 0.410 e. The summed E-state index contributed by atoms with van der Waals surface area (Å²) in [6.45, 7) is 5.17. The SMILES string of the molecule is CCOC(=O)N1CCc2c(sc(NC(=O)c3ccc(S(=O)(=O)N4CCCCCC4)cc3)c2C(=O)N2CCCCC2)C1. The molecule has 3 aliphatic heterocycles. The fraction of sp³-hybridized carbons (Fsp3) is 0.552. The number of piperidine rings is 1. The minimum absolute atomic E-state index is 0.0963. The molecule has 12 heteroatoms. The largest absolute Gasteiger partial charge is 0.450 e. The second kappa shape index (κ2) is 12.9. The van der Waals surface area contributed by atoms with Gasteiger partial charge < -0.3 is 19.9 Å². The molecule has 0 radical (unpaired) electrons. The average molecular weight is 603 g/mol. The molecule has 1 aromatic carbocycles. The molecule has 5 rings (SSSR count). The van der Waals surface area contributed by atoms with Crippen molar-refractivity contribution >= 4 is 44.3 Å². The second-order valence-corrected chi connectivity index (χ2v) is 13.8. The van der Waals surface area contributed by atoms with Gasteiger partial charge in [-0.15, -0.1) is 11.3 Å². The number of amides is 3. The molecule has 0 saturated carbocycles. The molecule has 0 atom stereocenters. The van der Waals surface area contributed by atoms with Crippen molar-refractivity contribution in [2.24, 2.45) is 0 Å². The van der Waals surface area contributed by atoms with E-state index in [0.717, 1.165) is 55.4 Å². The zero-order valence-electron chi connectivity index (χ0n) is 23.5. The van der Waals surface area contributed by atoms with E-state index in [4.69, 9.17) is 4.74 Å². The van der Waals surface area contributed by atoms with Crippen LogP contribution in [0.3, 0.4) is 0 Å². The third-order valence-corrected chi connectivity index (χ3v) is 11.0. The molecule has 222 valence electrons. The number of hydrogen-bond acceptors (Lipinski definition) is 7. The highest BCUT2D eigenvalue weighted by Crippen LogP contribution is 2.39. The van der Waals surface area contributed by atoms with Gasteiger partial charge in [0.15, 0.2) is 0 Å². The number of fused-ring (bicyclic) bond motifs is 1. The predicted octanol–water partition coefficient (Wildman–Crippen LogP) is 4.71. The summed E-state index contributed by atoms with van der Waals surface area (Å²) in [5.41, 5.74) is 1.68. The lowest BCUT2D eigenvalue weighted by molar-refractivity contribution is 0.0724. The van der Waals surface area contributed by atoms with Crippen LogP contribution in [-0.2, 0) is 27.7 Å². The Hall–Kier alpha value is -2.96. The lowest BCUT2D eigenvalue weighted by Crippen LogP contribution is -2.38. The molecule has 0 unspecified atom stereocenters. The van der Waals surface area contributed by atoms with Crippen LogP contribution in [0.25, 0.3) is 0 Å². The zero-order chi connectivity index (χ0) is 29.0. The topological polar surface area (TPSA) is 116 Å². The van der Waals surface area contributed by atoms with Gasteiger partial charge in [0.1, 0.15) is 5.00 Å². The Kier molecular flexibility index (Phi) is 9.30. The van der Waals surface area contributed by atoms with Crippen LogP contribution in [0.2, 0.25) is 0 Å². The Morgan fingerprint density at radius 1 is 0.878 bits per heavy atom. The van der Waals surface area contributed by atoms with Crippen molar-refractivity contribution in [3.8, 4) is 0 Å². The van der Waals surface area contributed by atoms with Crippen molar-refractivity contribution in [3.05, 3.63) is 45.8 Å². The summed E-state index contributed by atoms with van der Waals surface area (Å²) in [6.07, 6.45) is 6.84. The van der Waals surface area contributed by atoms with E-state index in [1.807, 2.05) is 4.90 Å². The lowest BCUT2D eigenvalue weighted by Gasteiger charge is -2.29. The van der Waals surface area contributed by atoms with Gasteiger partial charge in [0.2, 0.25) is 10.0 Å². The molecular formula is C29H38N4O6S2. The quantitative estimate of drug-likeness (QED) is 0.512. The Labute approximate surface area is 245 Å². The van der Waals surface area contributed by atoms with Crippen LogP contribution in [0, 0.1) is 0 Å². The van der Waals surface area contributed by atoms with E-state index < -0.39 is 22.0 Å². The third kappa shape index (κ3) is 6.44. The third-order valence-electron chi connectivity index (χ3n) is 7.99. The number of carbonyl (C=O) groups is 3. The minimum Gasteiger partial charge on any atom is -0.450 e. The molecule has 2 fully saturated rings. The number of carbonyl (C=O) groups excluding carboxylic acids is 3. The van der Waals surface area contributed by atoms with E-state index in [1.54, 1.807) is 11.8 Å². The van der Waals surface area contributed by atoms with Gasteiger partial charge in [-0.05, 0) is 75.3 Å². The summed E-state index contributed by atoms with van der Waals surface area (Å²) in [4.78, 5) is 44.0. The van der Waals surface area contributed by atoms with Crippen molar-refractivity contribution in [2.75, 3.05) is 44.6 Å². The van der Waals surface area contributed by atoms with Gasteiger partial charge >= 0.3 is 6.09 Å². The van der Waals surface area contributed by atoms with Crippen LogP contribution in [-0.4, -0.2) is 79.8 Å². The number of hydrogen-bond donors (Lipinski definition) is 1. The standard InChI is InChI=1S/C29H38N4O6S2/c1-2-39-29(36)32-19-14-23-24(20-32)40-27(25(23)28(35)31-15-6-5-7-16-31)30-26(34)21-10-12-22(13-11-21)41(37,38)33-17-8-3-4-9-18-33/h10-13H,2-9,14-20H2,1H3,(H,30,34). The molecule has 41 heavy (non-hydrogen) atoms. The molecule has 0 aliphatic carbocycles. The molecular weight excluding hydrogens is 564 g/mol. The van der Waals surface area contributed by atoms with Crippen LogP contribution >= 0.6 is 11.3 Å². The molecule has 3 aliphatic rings. The highest BCUT2D eigenvalue weighted by atomic mass is 32.2. The van der Waals surface area contributed by atoms with Gasteiger partial charge in [-0.25, -0.2) is 13.2 Å². The normalized spacial score (nSPS) is 18.4.